The first-order valence-electron chi connectivity index (χ1n) is 9.92. The van der Waals surface area contributed by atoms with Gasteiger partial charge in [-0.15, -0.1) is 0 Å². The average molecular weight is 395 g/mol. The molecule has 1 amide bonds. The van der Waals surface area contributed by atoms with Crippen LogP contribution in [0.25, 0.3) is 11.1 Å². The number of carbonyl (C=O) groups excluding carboxylic acids is 1. The molecule has 0 aliphatic heterocycles. The molecule has 2 unspecified atom stereocenters. The number of carboxylic acids is 1. The van der Waals surface area contributed by atoms with E-state index in [4.69, 9.17) is 9.47 Å². The Morgan fingerprint density at radius 1 is 1.10 bits per heavy atom. The summed E-state index contributed by atoms with van der Waals surface area (Å²) in [5.41, 5.74) is 3.67. The van der Waals surface area contributed by atoms with E-state index in [2.05, 4.69) is 29.6 Å². The van der Waals surface area contributed by atoms with Crippen molar-refractivity contribution in [1.82, 2.24) is 5.32 Å². The van der Waals surface area contributed by atoms with Crippen LogP contribution in [0, 0.1) is 0 Å². The predicted molar refractivity (Wildman–Crippen MR) is 108 cm³/mol. The molecule has 2 atom stereocenters. The molecule has 0 heterocycles. The lowest BCUT2D eigenvalue weighted by Crippen LogP contribution is -2.55. The molecule has 6 heteroatoms. The van der Waals surface area contributed by atoms with Crippen LogP contribution in [0.4, 0.5) is 4.79 Å². The van der Waals surface area contributed by atoms with Gasteiger partial charge in [-0.1, -0.05) is 48.5 Å². The number of amides is 1. The summed E-state index contributed by atoms with van der Waals surface area (Å²) in [5.74, 6) is -1.00. The van der Waals surface area contributed by atoms with Crippen LogP contribution < -0.4 is 5.32 Å². The summed E-state index contributed by atoms with van der Waals surface area (Å²) in [4.78, 5) is 24.0. The second-order valence-electron chi connectivity index (χ2n) is 7.79. The van der Waals surface area contributed by atoms with Crippen molar-refractivity contribution in [2.75, 3.05) is 13.7 Å². The number of hydrogen-bond acceptors (Lipinski definition) is 4. The molecule has 152 valence electrons. The van der Waals surface area contributed by atoms with Crippen LogP contribution in [0.2, 0.25) is 0 Å². The Kier molecular flexibility index (Phi) is 5.28. The van der Waals surface area contributed by atoms with Crippen LogP contribution >= 0.6 is 0 Å². The highest BCUT2D eigenvalue weighted by atomic mass is 16.5. The molecule has 0 bridgehead atoms. The van der Waals surface area contributed by atoms with Crippen molar-refractivity contribution in [3.05, 3.63) is 59.7 Å². The molecule has 2 aliphatic carbocycles. The van der Waals surface area contributed by atoms with Crippen molar-refractivity contribution in [2.24, 2.45) is 0 Å². The highest BCUT2D eigenvalue weighted by Gasteiger charge is 2.46. The lowest BCUT2D eigenvalue weighted by molar-refractivity contribution is -0.140. The Labute approximate surface area is 169 Å². The maximum Gasteiger partial charge on any atom is 0.407 e. The highest BCUT2D eigenvalue weighted by molar-refractivity contribution is 5.79. The quantitative estimate of drug-likeness (QED) is 0.774. The number of carboxylic acid groups (broad SMARTS) is 1. The SMILES string of the molecule is COC1CCCC1(CC(=O)O)NC(=O)OCC1c2ccccc2-c2ccccc21. The lowest BCUT2D eigenvalue weighted by atomic mass is 9.91. The molecule has 1 fully saturated rings. The fraction of sp³-hybridized carbons (Fsp3) is 0.391. The van der Waals surface area contributed by atoms with Gasteiger partial charge in [0.2, 0.25) is 0 Å². The normalized spacial score (nSPS) is 22.7. The van der Waals surface area contributed by atoms with Gasteiger partial charge in [0, 0.05) is 13.0 Å². The van der Waals surface area contributed by atoms with Crippen molar-refractivity contribution < 1.29 is 24.2 Å². The molecule has 2 N–H and O–H groups in total. The van der Waals surface area contributed by atoms with E-state index in [0.29, 0.717) is 12.8 Å². The summed E-state index contributed by atoms with van der Waals surface area (Å²) in [5, 5.41) is 12.2. The monoisotopic (exact) mass is 395 g/mol. The van der Waals surface area contributed by atoms with Gasteiger partial charge in [-0.05, 0) is 41.5 Å². The van der Waals surface area contributed by atoms with Gasteiger partial charge in [-0.25, -0.2) is 4.79 Å². The van der Waals surface area contributed by atoms with E-state index < -0.39 is 17.6 Å². The second-order valence-corrected chi connectivity index (χ2v) is 7.79. The van der Waals surface area contributed by atoms with Crippen LogP contribution in [-0.4, -0.2) is 42.5 Å². The number of methoxy groups -OCH3 is 1. The molecule has 2 aliphatic rings. The summed E-state index contributed by atoms with van der Waals surface area (Å²) in [7, 11) is 1.55. The smallest absolute Gasteiger partial charge is 0.407 e. The number of benzene rings is 2. The molecule has 0 radical (unpaired) electrons. The molecular formula is C23H25NO5. The van der Waals surface area contributed by atoms with E-state index in [1.165, 1.54) is 0 Å². The molecular weight excluding hydrogens is 370 g/mol. The number of hydrogen-bond donors (Lipinski definition) is 2. The summed E-state index contributed by atoms with van der Waals surface area (Å²) in [6.45, 7) is 0.195. The predicted octanol–water partition coefficient (Wildman–Crippen LogP) is 3.94. The third-order valence-electron chi connectivity index (χ3n) is 6.15. The van der Waals surface area contributed by atoms with Crippen LogP contribution in [0.15, 0.2) is 48.5 Å². The zero-order chi connectivity index (χ0) is 20.4. The molecule has 0 saturated heterocycles. The number of aliphatic carboxylic acids is 1. The number of nitrogens with one attached hydrogen (secondary N) is 1. The van der Waals surface area contributed by atoms with Gasteiger partial charge < -0.3 is 19.9 Å². The molecule has 29 heavy (non-hydrogen) atoms. The molecule has 0 spiro atoms. The maximum absolute atomic E-state index is 12.6. The first-order chi connectivity index (χ1) is 14.0. The standard InChI is InChI=1S/C23H25NO5/c1-28-20-11-6-12-23(20,13-21(25)26)24-22(27)29-14-19-17-9-4-2-7-15(17)16-8-3-5-10-18(16)19/h2-5,7-10,19-20H,6,11-14H2,1H3,(H,24,27)(H,25,26). The first-order valence-corrected chi connectivity index (χ1v) is 9.92. The Hall–Kier alpha value is -2.86. The first kappa shape index (κ1) is 19.5. The average Bonchev–Trinajstić information content (AvgIpc) is 3.24. The molecule has 6 nitrogen and oxygen atoms in total. The van der Waals surface area contributed by atoms with E-state index in [9.17, 15) is 14.7 Å². The summed E-state index contributed by atoms with van der Waals surface area (Å²) in [6.07, 6.45) is 0.955. The Bertz CT molecular complexity index is 881. The van der Waals surface area contributed by atoms with Gasteiger partial charge in [-0.2, -0.15) is 0 Å². The molecule has 2 aromatic rings. The van der Waals surface area contributed by atoms with Gasteiger partial charge in [0.1, 0.15) is 6.61 Å². The summed E-state index contributed by atoms with van der Waals surface area (Å²) >= 11 is 0. The lowest BCUT2D eigenvalue weighted by Gasteiger charge is -2.34. The third-order valence-corrected chi connectivity index (χ3v) is 6.15. The molecule has 0 aromatic heterocycles. The molecule has 1 saturated carbocycles. The van der Waals surface area contributed by atoms with E-state index in [0.717, 1.165) is 28.7 Å². The fourth-order valence-corrected chi connectivity index (χ4v) is 4.88. The van der Waals surface area contributed by atoms with E-state index in [1.807, 2.05) is 24.3 Å². The zero-order valence-corrected chi connectivity index (χ0v) is 16.4. The van der Waals surface area contributed by atoms with E-state index in [1.54, 1.807) is 7.11 Å². The zero-order valence-electron chi connectivity index (χ0n) is 16.4. The van der Waals surface area contributed by atoms with Crippen LogP contribution in [0.3, 0.4) is 0 Å². The summed E-state index contributed by atoms with van der Waals surface area (Å²) < 4.78 is 11.1. The van der Waals surface area contributed by atoms with Gasteiger partial charge in [0.25, 0.3) is 0 Å². The van der Waals surface area contributed by atoms with Crippen molar-refractivity contribution in [3.8, 4) is 11.1 Å². The van der Waals surface area contributed by atoms with Crippen molar-refractivity contribution in [1.29, 1.82) is 0 Å². The second kappa shape index (κ2) is 7.87. The van der Waals surface area contributed by atoms with Crippen molar-refractivity contribution in [2.45, 2.75) is 43.2 Å². The Morgan fingerprint density at radius 3 is 2.31 bits per heavy atom. The number of fused-ring (bicyclic) bond motifs is 3. The van der Waals surface area contributed by atoms with Gasteiger partial charge in [-0.3, -0.25) is 4.79 Å². The van der Waals surface area contributed by atoms with Crippen LogP contribution in [0.5, 0.6) is 0 Å². The minimum absolute atomic E-state index is 0.0367. The van der Waals surface area contributed by atoms with Gasteiger partial charge in [0.15, 0.2) is 0 Å². The van der Waals surface area contributed by atoms with Gasteiger partial charge >= 0.3 is 12.1 Å². The minimum Gasteiger partial charge on any atom is -0.481 e. The largest absolute Gasteiger partial charge is 0.481 e. The van der Waals surface area contributed by atoms with Crippen LogP contribution in [0.1, 0.15) is 42.7 Å². The number of alkyl carbamates (subject to hydrolysis) is 1. The highest BCUT2D eigenvalue weighted by Crippen LogP contribution is 2.44. The number of rotatable bonds is 6. The van der Waals surface area contributed by atoms with Crippen molar-refractivity contribution >= 4 is 12.1 Å². The number of carbonyl (C=O) groups is 2. The molecule has 4 rings (SSSR count). The number of ether oxygens (including phenoxy) is 2. The Balaban J connectivity index is 1.49. The van der Waals surface area contributed by atoms with E-state index in [-0.39, 0.29) is 25.0 Å². The minimum atomic E-state index is -0.965. The molecule has 2 aromatic carbocycles. The topological polar surface area (TPSA) is 84.9 Å². The van der Waals surface area contributed by atoms with Gasteiger partial charge in [0.05, 0.1) is 18.1 Å². The Morgan fingerprint density at radius 2 is 1.72 bits per heavy atom. The van der Waals surface area contributed by atoms with E-state index >= 15 is 0 Å². The third kappa shape index (κ3) is 3.60. The van der Waals surface area contributed by atoms with Crippen LogP contribution in [-0.2, 0) is 14.3 Å². The van der Waals surface area contributed by atoms with Crippen molar-refractivity contribution in [3.63, 3.8) is 0 Å². The maximum atomic E-state index is 12.6. The fourth-order valence-electron chi connectivity index (χ4n) is 4.88. The summed E-state index contributed by atoms with van der Waals surface area (Å²) in [6, 6.07) is 16.3.